The number of carbonyl (C=O) groups is 2. The Bertz CT molecular complexity index is 1120. The second-order valence-corrected chi connectivity index (χ2v) is 7.52. The number of hydrogen-bond acceptors (Lipinski definition) is 4. The number of hydrogen-bond donors (Lipinski definition) is 2. The summed E-state index contributed by atoms with van der Waals surface area (Å²) in [5.74, 6) is -1.62. The lowest BCUT2D eigenvalue weighted by molar-refractivity contribution is -0.139. The zero-order valence-electron chi connectivity index (χ0n) is 17.4. The number of benzene rings is 3. The van der Waals surface area contributed by atoms with Crippen molar-refractivity contribution >= 4 is 12.1 Å². The first-order valence-electron chi connectivity index (χ1n) is 10.1. The van der Waals surface area contributed by atoms with Crippen molar-refractivity contribution in [2.24, 2.45) is 0 Å². The number of rotatable bonds is 7. The first-order chi connectivity index (χ1) is 15.5. The number of carboxylic acids is 1. The second kappa shape index (κ2) is 9.09. The minimum Gasteiger partial charge on any atom is -0.497 e. The van der Waals surface area contributed by atoms with Gasteiger partial charge in [-0.3, -0.25) is 0 Å². The number of methoxy groups -OCH3 is 1. The smallest absolute Gasteiger partial charge is 0.407 e. The Morgan fingerprint density at radius 3 is 2.25 bits per heavy atom. The van der Waals surface area contributed by atoms with Crippen molar-refractivity contribution in [2.75, 3.05) is 13.7 Å². The van der Waals surface area contributed by atoms with Crippen LogP contribution in [-0.2, 0) is 16.0 Å². The maximum Gasteiger partial charge on any atom is 0.407 e. The summed E-state index contributed by atoms with van der Waals surface area (Å²) in [6, 6.07) is 18.5. The topological polar surface area (TPSA) is 84.9 Å². The summed E-state index contributed by atoms with van der Waals surface area (Å²) in [4.78, 5) is 24.1. The van der Waals surface area contributed by atoms with Crippen molar-refractivity contribution < 1.29 is 28.6 Å². The normalized spacial score (nSPS) is 13.1. The van der Waals surface area contributed by atoms with Crippen LogP contribution in [-0.4, -0.2) is 36.9 Å². The molecule has 2 N–H and O–H groups in total. The van der Waals surface area contributed by atoms with E-state index in [2.05, 4.69) is 5.32 Å². The van der Waals surface area contributed by atoms with Crippen molar-refractivity contribution in [3.05, 3.63) is 89.2 Å². The van der Waals surface area contributed by atoms with Crippen LogP contribution in [0.4, 0.5) is 9.18 Å². The molecule has 0 aromatic heterocycles. The van der Waals surface area contributed by atoms with Crippen LogP contribution in [0.5, 0.6) is 5.75 Å². The highest BCUT2D eigenvalue weighted by Crippen LogP contribution is 2.44. The molecule has 0 saturated heterocycles. The van der Waals surface area contributed by atoms with Crippen LogP contribution < -0.4 is 10.1 Å². The molecular weight excluding hydrogens is 413 g/mol. The maximum absolute atomic E-state index is 14.1. The molecule has 7 heteroatoms. The number of carbonyl (C=O) groups excluding carboxylic acids is 1. The first-order valence-corrected chi connectivity index (χ1v) is 10.1. The molecule has 1 atom stereocenters. The molecule has 164 valence electrons. The molecule has 1 amide bonds. The highest BCUT2D eigenvalue weighted by atomic mass is 19.1. The average Bonchev–Trinajstić information content (AvgIpc) is 3.12. The number of aliphatic carboxylic acids is 1. The van der Waals surface area contributed by atoms with Crippen LogP contribution in [0.3, 0.4) is 0 Å². The van der Waals surface area contributed by atoms with Gasteiger partial charge in [-0.1, -0.05) is 48.5 Å². The minimum atomic E-state index is -1.35. The number of carboxylic acid groups (broad SMARTS) is 1. The summed E-state index contributed by atoms with van der Waals surface area (Å²) in [5.41, 5.74) is 4.41. The van der Waals surface area contributed by atoms with Crippen LogP contribution in [0.1, 0.15) is 22.6 Å². The van der Waals surface area contributed by atoms with Gasteiger partial charge in [-0.2, -0.15) is 0 Å². The summed E-state index contributed by atoms with van der Waals surface area (Å²) in [7, 11) is 1.43. The fraction of sp³-hybridized carbons (Fsp3) is 0.200. The van der Waals surface area contributed by atoms with E-state index in [0.717, 1.165) is 22.3 Å². The van der Waals surface area contributed by atoms with Crippen molar-refractivity contribution in [1.29, 1.82) is 0 Å². The van der Waals surface area contributed by atoms with Crippen LogP contribution in [0.15, 0.2) is 66.7 Å². The Morgan fingerprint density at radius 2 is 1.66 bits per heavy atom. The molecule has 0 fully saturated rings. The lowest BCUT2D eigenvalue weighted by Gasteiger charge is -2.18. The van der Waals surface area contributed by atoms with Gasteiger partial charge in [-0.05, 0) is 46.0 Å². The molecule has 1 aliphatic carbocycles. The van der Waals surface area contributed by atoms with Gasteiger partial charge in [0.15, 0.2) is 0 Å². The molecular formula is C25H22FNO5. The Labute approximate surface area is 184 Å². The van der Waals surface area contributed by atoms with Crippen molar-refractivity contribution in [3.8, 4) is 16.9 Å². The zero-order valence-corrected chi connectivity index (χ0v) is 17.4. The van der Waals surface area contributed by atoms with Gasteiger partial charge in [0.05, 0.1) is 7.11 Å². The summed E-state index contributed by atoms with van der Waals surface area (Å²) in [5, 5.41) is 11.9. The van der Waals surface area contributed by atoms with E-state index in [-0.39, 0.29) is 24.5 Å². The molecule has 32 heavy (non-hydrogen) atoms. The standard InChI is InChI=1S/C25H22FNO5/c1-31-16-10-11-22(26)15(12-16)13-23(24(28)29)27-25(30)32-14-21-19-8-4-2-6-17(19)18-7-3-5-9-20(18)21/h2-12,21,23H,13-14H2,1H3,(H,27,30)(H,28,29). The maximum atomic E-state index is 14.1. The highest BCUT2D eigenvalue weighted by molar-refractivity contribution is 5.81. The number of alkyl carbamates (subject to hydrolysis) is 1. The van der Waals surface area contributed by atoms with Crippen molar-refractivity contribution in [2.45, 2.75) is 18.4 Å². The molecule has 0 heterocycles. The van der Waals surface area contributed by atoms with Crippen LogP contribution in [0, 0.1) is 5.82 Å². The van der Waals surface area contributed by atoms with E-state index < -0.39 is 23.9 Å². The molecule has 3 aromatic rings. The summed E-state index contributed by atoms with van der Waals surface area (Å²) >= 11 is 0. The van der Waals surface area contributed by atoms with Gasteiger partial charge < -0.3 is 19.9 Å². The predicted molar refractivity (Wildman–Crippen MR) is 116 cm³/mol. The van der Waals surface area contributed by atoms with Crippen molar-refractivity contribution in [3.63, 3.8) is 0 Å². The Kier molecular flexibility index (Phi) is 6.07. The second-order valence-electron chi connectivity index (χ2n) is 7.52. The first kappa shape index (κ1) is 21.4. The zero-order chi connectivity index (χ0) is 22.7. The van der Waals surface area contributed by atoms with E-state index in [1.165, 1.54) is 25.3 Å². The third kappa shape index (κ3) is 4.27. The summed E-state index contributed by atoms with van der Waals surface area (Å²) in [6.45, 7) is 0.0553. The van der Waals surface area contributed by atoms with Crippen LogP contribution in [0.25, 0.3) is 11.1 Å². The predicted octanol–water partition coefficient (Wildman–Crippen LogP) is 4.37. The lowest BCUT2D eigenvalue weighted by Crippen LogP contribution is -2.43. The quantitative estimate of drug-likeness (QED) is 0.576. The van der Waals surface area contributed by atoms with E-state index in [4.69, 9.17) is 9.47 Å². The van der Waals surface area contributed by atoms with Gasteiger partial charge in [-0.15, -0.1) is 0 Å². The van der Waals surface area contributed by atoms with E-state index >= 15 is 0 Å². The molecule has 0 saturated carbocycles. The Morgan fingerprint density at radius 1 is 1.03 bits per heavy atom. The van der Waals surface area contributed by atoms with E-state index in [0.29, 0.717) is 5.75 Å². The highest BCUT2D eigenvalue weighted by Gasteiger charge is 2.30. The molecule has 1 unspecified atom stereocenters. The van der Waals surface area contributed by atoms with Gasteiger partial charge in [-0.25, -0.2) is 14.0 Å². The monoisotopic (exact) mass is 435 g/mol. The minimum absolute atomic E-state index is 0.0553. The SMILES string of the molecule is COc1ccc(F)c(CC(NC(=O)OCC2c3ccccc3-c3ccccc32)C(=O)O)c1. The molecule has 0 spiro atoms. The molecule has 0 radical (unpaired) electrons. The van der Waals surface area contributed by atoms with E-state index in [1.807, 2.05) is 48.5 Å². The number of fused-ring (bicyclic) bond motifs is 3. The molecule has 0 bridgehead atoms. The Balaban J connectivity index is 1.44. The van der Waals surface area contributed by atoms with E-state index in [9.17, 15) is 19.1 Å². The summed E-state index contributed by atoms with van der Waals surface area (Å²) < 4.78 is 24.6. The summed E-state index contributed by atoms with van der Waals surface area (Å²) in [6.07, 6.45) is -1.12. The van der Waals surface area contributed by atoms with Crippen molar-refractivity contribution in [1.82, 2.24) is 5.32 Å². The van der Waals surface area contributed by atoms with Gasteiger partial charge in [0, 0.05) is 12.3 Å². The molecule has 3 aromatic carbocycles. The Hall–Kier alpha value is -3.87. The molecule has 6 nitrogen and oxygen atoms in total. The van der Waals surface area contributed by atoms with Crippen LogP contribution >= 0.6 is 0 Å². The number of halogens is 1. The third-order valence-corrected chi connectivity index (χ3v) is 5.61. The molecule has 0 aliphatic heterocycles. The number of amides is 1. The number of nitrogens with one attached hydrogen (secondary N) is 1. The van der Waals surface area contributed by atoms with Gasteiger partial charge in [0.25, 0.3) is 0 Å². The fourth-order valence-electron chi connectivity index (χ4n) is 4.04. The van der Waals surface area contributed by atoms with Crippen LogP contribution in [0.2, 0.25) is 0 Å². The average molecular weight is 435 g/mol. The molecule has 4 rings (SSSR count). The van der Waals surface area contributed by atoms with Gasteiger partial charge in [0.1, 0.15) is 24.2 Å². The van der Waals surface area contributed by atoms with Gasteiger partial charge >= 0.3 is 12.1 Å². The number of ether oxygens (including phenoxy) is 2. The van der Waals surface area contributed by atoms with E-state index in [1.54, 1.807) is 0 Å². The van der Waals surface area contributed by atoms with Gasteiger partial charge in [0.2, 0.25) is 0 Å². The largest absolute Gasteiger partial charge is 0.497 e. The lowest BCUT2D eigenvalue weighted by atomic mass is 9.98. The molecule has 1 aliphatic rings. The third-order valence-electron chi connectivity index (χ3n) is 5.61. The fourth-order valence-corrected chi connectivity index (χ4v) is 4.04.